The van der Waals surface area contributed by atoms with Crippen molar-refractivity contribution < 1.29 is 9.53 Å². The minimum atomic E-state index is -0.956. The van der Waals surface area contributed by atoms with Gasteiger partial charge < -0.3 is 9.72 Å². The lowest BCUT2D eigenvalue weighted by Crippen LogP contribution is -2.40. The molecule has 0 aliphatic heterocycles. The second-order valence-electron chi connectivity index (χ2n) is 7.40. The molecule has 2 aromatic heterocycles. The number of Topliss-reactive ketones (excluding diaryl/α,β-unsaturated/α-hetero) is 1. The summed E-state index contributed by atoms with van der Waals surface area (Å²) in [7, 11) is 0. The molecule has 0 amide bonds. The largest absolute Gasteiger partial charge is 0.480 e. The van der Waals surface area contributed by atoms with Gasteiger partial charge in [0.15, 0.2) is 11.4 Å². The summed E-state index contributed by atoms with van der Waals surface area (Å²) in [6.45, 7) is 9.66. The van der Waals surface area contributed by atoms with Gasteiger partial charge in [0.05, 0.1) is 24.0 Å². The van der Waals surface area contributed by atoms with Crippen LogP contribution in [0.15, 0.2) is 42.7 Å². The quantitative estimate of drug-likeness (QED) is 0.706. The Morgan fingerprint density at radius 1 is 1.11 bits per heavy atom. The summed E-state index contributed by atoms with van der Waals surface area (Å²) < 4.78 is 6.14. The Morgan fingerprint density at radius 2 is 1.81 bits per heavy atom. The highest BCUT2D eigenvalue weighted by molar-refractivity contribution is 5.88. The van der Waals surface area contributed by atoms with E-state index >= 15 is 0 Å². The number of hydrogen-bond donors (Lipinski definition) is 1. The second-order valence-corrected chi connectivity index (χ2v) is 7.40. The summed E-state index contributed by atoms with van der Waals surface area (Å²) in [5.74, 6) is 1.34. The minimum Gasteiger partial charge on any atom is -0.480 e. The molecule has 0 aliphatic rings. The van der Waals surface area contributed by atoms with Crippen LogP contribution in [-0.4, -0.2) is 26.3 Å². The van der Waals surface area contributed by atoms with Crippen molar-refractivity contribution in [3.8, 4) is 17.1 Å². The second kappa shape index (κ2) is 7.35. The number of nitrogens with one attached hydrogen (secondary N) is 1. The zero-order chi connectivity index (χ0) is 19.6. The van der Waals surface area contributed by atoms with Crippen LogP contribution in [0.4, 0.5) is 0 Å². The first kappa shape index (κ1) is 18.8. The van der Waals surface area contributed by atoms with E-state index in [0.717, 1.165) is 28.3 Å². The van der Waals surface area contributed by atoms with Crippen molar-refractivity contribution in [1.29, 1.82) is 0 Å². The molecule has 140 valence electrons. The van der Waals surface area contributed by atoms with Crippen molar-refractivity contribution in [1.82, 2.24) is 15.0 Å². The maximum absolute atomic E-state index is 12.9. The number of aromatic amines is 1. The summed E-state index contributed by atoms with van der Waals surface area (Å²) in [6, 6.07) is 9.80. The van der Waals surface area contributed by atoms with E-state index in [1.165, 1.54) is 5.56 Å². The first-order valence-electron chi connectivity index (χ1n) is 9.02. The maximum atomic E-state index is 12.9. The maximum Gasteiger partial charge on any atom is 0.183 e. The van der Waals surface area contributed by atoms with Gasteiger partial charge in [0.25, 0.3) is 0 Å². The summed E-state index contributed by atoms with van der Waals surface area (Å²) >= 11 is 0. The Balaban J connectivity index is 1.75. The monoisotopic (exact) mass is 363 g/mol. The highest BCUT2D eigenvalue weighted by Crippen LogP contribution is 2.29. The van der Waals surface area contributed by atoms with Crippen LogP contribution in [0.1, 0.15) is 36.4 Å². The topological polar surface area (TPSA) is 67.9 Å². The lowest BCUT2D eigenvalue weighted by molar-refractivity contribution is -0.131. The van der Waals surface area contributed by atoms with Gasteiger partial charge in [-0.25, -0.2) is 4.98 Å². The van der Waals surface area contributed by atoms with Crippen molar-refractivity contribution in [3.05, 3.63) is 65.2 Å². The molecule has 0 spiro atoms. The average Bonchev–Trinajstić information content (AvgIpc) is 3.07. The molecule has 5 nitrogen and oxygen atoms in total. The van der Waals surface area contributed by atoms with Crippen molar-refractivity contribution in [2.24, 2.45) is 0 Å². The molecule has 0 unspecified atom stereocenters. The SMILES string of the molecule is Cc1cc(C)c(OC(C)(C)C(=O)Cc2ncc(-c3ccccn3)[nH]2)c(C)c1. The van der Waals surface area contributed by atoms with E-state index in [9.17, 15) is 4.79 Å². The van der Waals surface area contributed by atoms with Gasteiger partial charge >= 0.3 is 0 Å². The standard InChI is InChI=1S/C22H25N3O2/c1-14-10-15(2)21(16(3)11-14)27-22(4,5)19(26)12-20-24-13-18(25-20)17-8-6-7-9-23-17/h6-11,13H,12H2,1-5H3,(H,24,25). The molecule has 3 aromatic rings. The molecule has 0 radical (unpaired) electrons. The van der Waals surface area contributed by atoms with E-state index < -0.39 is 5.60 Å². The van der Waals surface area contributed by atoms with Crippen molar-refractivity contribution >= 4 is 5.78 Å². The van der Waals surface area contributed by atoms with Crippen LogP contribution in [0, 0.1) is 20.8 Å². The predicted molar refractivity (Wildman–Crippen MR) is 106 cm³/mol. The summed E-state index contributed by atoms with van der Waals surface area (Å²) in [6.07, 6.45) is 3.60. The molecule has 0 saturated carbocycles. The third kappa shape index (κ3) is 4.25. The van der Waals surface area contributed by atoms with Crippen molar-refractivity contribution in [2.75, 3.05) is 0 Å². The molecule has 0 atom stereocenters. The average molecular weight is 363 g/mol. The number of aromatic nitrogens is 3. The molecule has 27 heavy (non-hydrogen) atoms. The van der Waals surface area contributed by atoms with Crippen LogP contribution in [0.2, 0.25) is 0 Å². The fourth-order valence-corrected chi connectivity index (χ4v) is 3.11. The van der Waals surface area contributed by atoms with E-state index in [1.54, 1.807) is 26.2 Å². The van der Waals surface area contributed by atoms with Gasteiger partial charge in [0.1, 0.15) is 11.6 Å². The van der Waals surface area contributed by atoms with Gasteiger partial charge in [-0.1, -0.05) is 23.8 Å². The van der Waals surface area contributed by atoms with Crippen LogP contribution in [0.25, 0.3) is 11.4 Å². The Kier molecular flexibility index (Phi) is 5.13. The van der Waals surface area contributed by atoms with E-state index in [0.29, 0.717) is 5.82 Å². The molecule has 3 rings (SSSR count). The highest BCUT2D eigenvalue weighted by Gasteiger charge is 2.31. The smallest absolute Gasteiger partial charge is 0.183 e. The molecule has 2 heterocycles. The highest BCUT2D eigenvalue weighted by atomic mass is 16.5. The zero-order valence-electron chi connectivity index (χ0n) is 16.5. The van der Waals surface area contributed by atoms with E-state index in [4.69, 9.17) is 4.74 Å². The van der Waals surface area contributed by atoms with Crippen molar-refractivity contribution in [2.45, 2.75) is 46.6 Å². The van der Waals surface area contributed by atoms with Gasteiger partial charge in [-0.15, -0.1) is 0 Å². The number of aryl methyl sites for hydroxylation is 3. The molecular weight excluding hydrogens is 338 g/mol. The number of hydrogen-bond acceptors (Lipinski definition) is 4. The molecule has 0 saturated heterocycles. The third-order valence-corrected chi connectivity index (χ3v) is 4.53. The summed E-state index contributed by atoms with van der Waals surface area (Å²) in [4.78, 5) is 24.7. The number of ether oxygens (including phenoxy) is 1. The predicted octanol–water partition coefficient (Wildman–Crippen LogP) is 4.37. The number of imidazole rings is 1. The lowest BCUT2D eigenvalue weighted by atomic mass is 9.99. The fraction of sp³-hybridized carbons (Fsp3) is 0.318. The molecular formula is C22H25N3O2. The van der Waals surface area contributed by atoms with Gasteiger partial charge in [0, 0.05) is 6.20 Å². The number of pyridine rings is 1. The molecule has 0 aliphatic carbocycles. The summed E-state index contributed by atoms with van der Waals surface area (Å²) in [5, 5.41) is 0. The minimum absolute atomic E-state index is 0.0382. The van der Waals surface area contributed by atoms with Crippen LogP contribution in [0.3, 0.4) is 0 Å². The Morgan fingerprint density at radius 3 is 2.44 bits per heavy atom. The number of carbonyl (C=O) groups is 1. The molecule has 0 bridgehead atoms. The number of benzene rings is 1. The van der Waals surface area contributed by atoms with Gasteiger partial charge in [-0.2, -0.15) is 0 Å². The third-order valence-electron chi connectivity index (χ3n) is 4.53. The van der Waals surface area contributed by atoms with Crippen LogP contribution >= 0.6 is 0 Å². The van der Waals surface area contributed by atoms with Gasteiger partial charge in [-0.05, 0) is 57.9 Å². The molecule has 1 N–H and O–H groups in total. The van der Waals surface area contributed by atoms with Crippen LogP contribution in [-0.2, 0) is 11.2 Å². The molecule has 1 aromatic carbocycles. The Bertz CT molecular complexity index is 936. The Labute approximate surface area is 159 Å². The number of nitrogens with zero attached hydrogens (tertiary/aromatic N) is 2. The number of ketones is 1. The fourth-order valence-electron chi connectivity index (χ4n) is 3.11. The first-order chi connectivity index (χ1) is 12.8. The molecule has 0 fully saturated rings. The van der Waals surface area contributed by atoms with Crippen molar-refractivity contribution in [3.63, 3.8) is 0 Å². The number of carbonyl (C=O) groups excluding carboxylic acids is 1. The van der Waals surface area contributed by atoms with E-state index in [-0.39, 0.29) is 12.2 Å². The van der Waals surface area contributed by atoms with Gasteiger partial charge in [-0.3, -0.25) is 9.78 Å². The van der Waals surface area contributed by atoms with Gasteiger partial charge in [0.2, 0.25) is 0 Å². The normalized spacial score (nSPS) is 11.4. The van der Waals surface area contributed by atoms with Crippen LogP contribution < -0.4 is 4.74 Å². The zero-order valence-corrected chi connectivity index (χ0v) is 16.5. The van der Waals surface area contributed by atoms with E-state index in [1.807, 2.05) is 32.0 Å². The lowest BCUT2D eigenvalue weighted by Gasteiger charge is -2.27. The number of H-pyrrole nitrogens is 1. The van der Waals surface area contributed by atoms with E-state index in [2.05, 4.69) is 34.0 Å². The number of rotatable bonds is 6. The Hall–Kier alpha value is -2.95. The summed E-state index contributed by atoms with van der Waals surface area (Å²) in [5.41, 5.74) is 3.88. The van der Waals surface area contributed by atoms with Crippen LogP contribution in [0.5, 0.6) is 5.75 Å². The first-order valence-corrected chi connectivity index (χ1v) is 9.02. The molecule has 5 heteroatoms.